The summed E-state index contributed by atoms with van der Waals surface area (Å²) in [5.41, 5.74) is 0.886. The lowest BCUT2D eigenvalue weighted by Gasteiger charge is -2.23. The Balaban J connectivity index is 2.64. The number of methoxy groups -OCH3 is 1. The SMILES string of the molecule is CCN(CC(C)C(=O)O)C(=O)Cc1ccc(OC)cc1. The van der Waals surface area contributed by atoms with E-state index in [0.717, 1.165) is 11.3 Å². The van der Waals surface area contributed by atoms with E-state index in [4.69, 9.17) is 9.84 Å². The quantitative estimate of drug-likeness (QED) is 0.826. The van der Waals surface area contributed by atoms with Gasteiger partial charge in [-0.2, -0.15) is 0 Å². The number of benzene rings is 1. The summed E-state index contributed by atoms with van der Waals surface area (Å²) in [7, 11) is 1.59. The molecule has 0 aliphatic rings. The Hall–Kier alpha value is -2.04. The van der Waals surface area contributed by atoms with Gasteiger partial charge in [0.2, 0.25) is 5.91 Å². The number of carbonyl (C=O) groups is 2. The van der Waals surface area contributed by atoms with Crippen molar-refractivity contribution < 1.29 is 19.4 Å². The normalized spacial score (nSPS) is 11.8. The fraction of sp³-hybridized carbons (Fsp3) is 0.467. The van der Waals surface area contributed by atoms with E-state index in [0.29, 0.717) is 6.54 Å². The second-order valence-electron chi connectivity index (χ2n) is 4.70. The van der Waals surface area contributed by atoms with Crippen molar-refractivity contribution in [2.45, 2.75) is 20.3 Å². The molecule has 5 heteroatoms. The lowest BCUT2D eigenvalue weighted by atomic mass is 10.1. The first-order chi connectivity index (χ1) is 9.47. The summed E-state index contributed by atoms with van der Waals surface area (Å²) in [6.45, 7) is 4.19. The van der Waals surface area contributed by atoms with Crippen molar-refractivity contribution in [3.05, 3.63) is 29.8 Å². The Morgan fingerprint density at radius 1 is 1.30 bits per heavy atom. The zero-order chi connectivity index (χ0) is 15.1. The molecule has 0 aliphatic carbocycles. The van der Waals surface area contributed by atoms with Crippen molar-refractivity contribution >= 4 is 11.9 Å². The molecule has 0 aromatic heterocycles. The maximum absolute atomic E-state index is 12.2. The molecule has 0 saturated carbocycles. The first-order valence-corrected chi connectivity index (χ1v) is 6.61. The van der Waals surface area contributed by atoms with Crippen LogP contribution in [0.1, 0.15) is 19.4 Å². The van der Waals surface area contributed by atoms with Crippen LogP contribution in [0.2, 0.25) is 0 Å². The van der Waals surface area contributed by atoms with Gasteiger partial charge in [-0.05, 0) is 24.6 Å². The number of carboxylic acids is 1. The molecule has 5 nitrogen and oxygen atoms in total. The minimum absolute atomic E-state index is 0.0641. The third-order valence-electron chi connectivity index (χ3n) is 3.16. The van der Waals surface area contributed by atoms with E-state index in [9.17, 15) is 9.59 Å². The minimum atomic E-state index is -0.888. The Morgan fingerprint density at radius 3 is 2.35 bits per heavy atom. The summed E-state index contributed by atoms with van der Waals surface area (Å²) in [6, 6.07) is 7.29. The Morgan fingerprint density at radius 2 is 1.90 bits per heavy atom. The van der Waals surface area contributed by atoms with Crippen LogP contribution in [0.15, 0.2) is 24.3 Å². The van der Waals surface area contributed by atoms with Crippen LogP contribution in [0, 0.1) is 5.92 Å². The number of likely N-dealkylation sites (N-methyl/N-ethyl adjacent to an activating group) is 1. The number of aliphatic carboxylic acids is 1. The molecule has 0 heterocycles. The molecule has 20 heavy (non-hydrogen) atoms. The summed E-state index contributed by atoms with van der Waals surface area (Å²) in [5.74, 6) is -0.769. The molecule has 0 radical (unpaired) electrons. The molecule has 110 valence electrons. The van der Waals surface area contributed by atoms with E-state index in [2.05, 4.69) is 0 Å². The molecule has 0 spiro atoms. The largest absolute Gasteiger partial charge is 0.497 e. The number of nitrogens with zero attached hydrogens (tertiary/aromatic N) is 1. The second-order valence-corrected chi connectivity index (χ2v) is 4.70. The van der Waals surface area contributed by atoms with Crippen molar-refractivity contribution in [3.63, 3.8) is 0 Å². The van der Waals surface area contributed by atoms with Crippen molar-refractivity contribution in [1.29, 1.82) is 0 Å². The van der Waals surface area contributed by atoms with Gasteiger partial charge in [0, 0.05) is 13.1 Å². The topological polar surface area (TPSA) is 66.8 Å². The third-order valence-corrected chi connectivity index (χ3v) is 3.16. The molecule has 1 unspecified atom stereocenters. The van der Waals surface area contributed by atoms with Crippen LogP contribution in [-0.4, -0.2) is 42.1 Å². The van der Waals surface area contributed by atoms with Crippen molar-refractivity contribution in [2.75, 3.05) is 20.2 Å². The van der Waals surface area contributed by atoms with Crippen LogP contribution in [-0.2, 0) is 16.0 Å². The summed E-state index contributed by atoms with van der Waals surface area (Å²) >= 11 is 0. The fourth-order valence-electron chi connectivity index (χ4n) is 1.85. The number of carboxylic acid groups (broad SMARTS) is 1. The average molecular weight is 279 g/mol. The van der Waals surface area contributed by atoms with Crippen LogP contribution < -0.4 is 4.74 Å². The van der Waals surface area contributed by atoms with Crippen molar-refractivity contribution in [3.8, 4) is 5.75 Å². The highest BCUT2D eigenvalue weighted by Crippen LogP contribution is 2.13. The highest BCUT2D eigenvalue weighted by atomic mass is 16.5. The van der Waals surface area contributed by atoms with Gasteiger partial charge in [-0.1, -0.05) is 19.1 Å². The highest BCUT2D eigenvalue weighted by Gasteiger charge is 2.19. The summed E-state index contributed by atoms with van der Waals surface area (Å²) in [6.07, 6.45) is 0.268. The van der Waals surface area contributed by atoms with Gasteiger partial charge in [-0.3, -0.25) is 9.59 Å². The molecule has 0 fully saturated rings. The van der Waals surface area contributed by atoms with Gasteiger partial charge in [0.05, 0.1) is 19.4 Å². The number of ether oxygens (including phenoxy) is 1. The first kappa shape index (κ1) is 16.0. The maximum Gasteiger partial charge on any atom is 0.308 e. The Labute approximate surface area is 119 Å². The first-order valence-electron chi connectivity index (χ1n) is 6.61. The number of rotatable bonds is 7. The van der Waals surface area contributed by atoms with Gasteiger partial charge >= 0.3 is 5.97 Å². The molecule has 1 atom stereocenters. The van der Waals surface area contributed by atoms with E-state index in [1.165, 1.54) is 0 Å². The van der Waals surface area contributed by atoms with Crippen molar-refractivity contribution in [2.24, 2.45) is 5.92 Å². The summed E-state index contributed by atoms with van der Waals surface area (Å²) in [4.78, 5) is 24.6. The number of hydrogen-bond acceptors (Lipinski definition) is 3. The van der Waals surface area contributed by atoms with E-state index in [1.807, 2.05) is 19.1 Å². The van der Waals surface area contributed by atoms with E-state index in [-0.39, 0.29) is 18.9 Å². The predicted molar refractivity (Wildman–Crippen MR) is 75.8 cm³/mol. The average Bonchev–Trinajstić information content (AvgIpc) is 2.44. The molecule has 1 rings (SSSR count). The fourth-order valence-corrected chi connectivity index (χ4v) is 1.85. The summed E-state index contributed by atoms with van der Waals surface area (Å²) in [5, 5.41) is 8.90. The lowest BCUT2D eigenvalue weighted by molar-refractivity contribution is -0.142. The molecule has 1 aromatic carbocycles. The molecule has 1 aromatic rings. The Kier molecular flexibility index (Phi) is 6.03. The molecular weight excluding hydrogens is 258 g/mol. The molecular formula is C15H21NO4. The maximum atomic E-state index is 12.2. The summed E-state index contributed by atoms with van der Waals surface area (Å²) < 4.78 is 5.06. The smallest absolute Gasteiger partial charge is 0.308 e. The van der Waals surface area contributed by atoms with Crippen LogP contribution >= 0.6 is 0 Å². The van der Waals surface area contributed by atoms with Gasteiger partial charge in [0.15, 0.2) is 0 Å². The Bertz CT molecular complexity index is 455. The third kappa shape index (κ3) is 4.57. The van der Waals surface area contributed by atoms with Crippen LogP contribution in [0.25, 0.3) is 0 Å². The van der Waals surface area contributed by atoms with Crippen molar-refractivity contribution in [1.82, 2.24) is 4.90 Å². The number of amides is 1. The molecule has 0 aliphatic heterocycles. The van der Waals surface area contributed by atoms with E-state index >= 15 is 0 Å². The molecule has 0 bridgehead atoms. The molecule has 1 amide bonds. The lowest BCUT2D eigenvalue weighted by Crippen LogP contribution is -2.37. The molecule has 1 N–H and O–H groups in total. The highest BCUT2D eigenvalue weighted by molar-refractivity contribution is 5.79. The standard InChI is InChI=1S/C15H21NO4/c1-4-16(10-11(2)15(18)19)14(17)9-12-5-7-13(20-3)8-6-12/h5-8,11H,4,9-10H2,1-3H3,(H,18,19). The predicted octanol–water partition coefficient (Wildman–Crippen LogP) is 1.81. The zero-order valence-corrected chi connectivity index (χ0v) is 12.1. The van der Waals surface area contributed by atoms with Gasteiger partial charge < -0.3 is 14.7 Å². The monoisotopic (exact) mass is 279 g/mol. The van der Waals surface area contributed by atoms with Crippen LogP contribution in [0.4, 0.5) is 0 Å². The van der Waals surface area contributed by atoms with Gasteiger partial charge in [0.25, 0.3) is 0 Å². The number of hydrogen-bond donors (Lipinski definition) is 1. The van der Waals surface area contributed by atoms with E-state index < -0.39 is 11.9 Å². The minimum Gasteiger partial charge on any atom is -0.497 e. The second kappa shape index (κ2) is 7.53. The van der Waals surface area contributed by atoms with Crippen LogP contribution in [0.3, 0.4) is 0 Å². The molecule has 0 saturated heterocycles. The number of carbonyl (C=O) groups excluding carboxylic acids is 1. The van der Waals surface area contributed by atoms with Gasteiger partial charge in [-0.15, -0.1) is 0 Å². The van der Waals surface area contributed by atoms with E-state index in [1.54, 1.807) is 31.1 Å². The van der Waals surface area contributed by atoms with Gasteiger partial charge in [0.1, 0.15) is 5.75 Å². The van der Waals surface area contributed by atoms with Gasteiger partial charge in [-0.25, -0.2) is 0 Å². The zero-order valence-electron chi connectivity index (χ0n) is 12.1. The van der Waals surface area contributed by atoms with Crippen LogP contribution in [0.5, 0.6) is 5.75 Å².